The van der Waals surface area contributed by atoms with Gasteiger partial charge in [-0.2, -0.15) is 0 Å². The number of rotatable bonds is 34. The van der Waals surface area contributed by atoms with Crippen molar-refractivity contribution in [1.82, 2.24) is 0 Å². The van der Waals surface area contributed by atoms with Crippen LogP contribution in [0, 0.1) is 23.7 Å². The zero-order valence-corrected chi connectivity index (χ0v) is 44.5. The molecule has 0 fully saturated rings. The average Bonchev–Trinajstić information content (AvgIpc) is 3.20. The highest BCUT2D eigenvalue weighted by Gasteiger charge is 2.20. The molecule has 6 unspecified atom stereocenters. The van der Waals surface area contributed by atoms with E-state index in [9.17, 15) is 0 Å². The normalized spacial score (nSPS) is 15.7. The third kappa shape index (κ3) is 44.7. The van der Waals surface area contributed by atoms with Gasteiger partial charge in [-0.3, -0.25) is 0 Å². The van der Waals surface area contributed by atoms with E-state index < -0.39 is 0 Å². The van der Waals surface area contributed by atoms with Crippen LogP contribution in [0.25, 0.3) is 0 Å². The molecule has 0 rings (SSSR count). The summed E-state index contributed by atoms with van der Waals surface area (Å²) in [5, 5.41) is 0. The number of hydrogen-bond donors (Lipinski definition) is 0. The summed E-state index contributed by atoms with van der Waals surface area (Å²) in [6.07, 6.45) is 32.3. The van der Waals surface area contributed by atoms with E-state index in [1.54, 1.807) is 0 Å². The standard InChI is InChI=1S/2C15H32N.C14H30N.C11H24N/c1-6-13-16(4,5)14-11-9-8-10-12-15(3)7-2;1-6-9-10-11-13-16(5,8-3)14-12-15(4)7-2;1-6-9-12-15(5,11-7-2)13-10-14(4)8-3;1-6-9-12(4,5)10-8-11(3)7-2/h6,15H,1,7-14H2,2-5H3;10-11,15H,6-9,12-14H2,1-5H3;7,14H,2,6,8-13H2,1,3-5H3;6,11H,1,7-10H2,2-5H3/q4*+1/b;11-10+;;. The zero-order valence-electron chi connectivity index (χ0n) is 44.5. The highest BCUT2D eigenvalue weighted by molar-refractivity contribution is 4.81. The van der Waals surface area contributed by atoms with Crippen LogP contribution in [0.4, 0.5) is 0 Å². The van der Waals surface area contributed by atoms with Crippen molar-refractivity contribution in [2.75, 3.05) is 108 Å². The zero-order chi connectivity index (χ0) is 46.2. The summed E-state index contributed by atoms with van der Waals surface area (Å²) in [4.78, 5) is 0. The van der Waals surface area contributed by atoms with Gasteiger partial charge in [0.1, 0.15) is 0 Å². The van der Waals surface area contributed by atoms with Crippen LogP contribution in [-0.2, 0) is 0 Å². The van der Waals surface area contributed by atoms with Crippen LogP contribution in [0.2, 0.25) is 0 Å². The second kappa shape index (κ2) is 40.8. The SMILES string of the molecule is C=CC[N+](C)(C)CCC(C)CC.C=CC[N+](C)(C)CCCCCCC(C)CC.C=CC[N+](C)(CCCC)CCC(C)CC.CCC/C=C/C[N+](C)(CC)CCC(C)CC. The molecule has 0 bridgehead atoms. The maximum absolute atomic E-state index is 3.89. The minimum atomic E-state index is 0.868. The van der Waals surface area contributed by atoms with Gasteiger partial charge in [-0.15, -0.1) is 0 Å². The van der Waals surface area contributed by atoms with E-state index in [1.807, 2.05) is 12.2 Å². The van der Waals surface area contributed by atoms with Crippen molar-refractivity contribution >= 4 is 0 Å². The summed E-state index contributed by atoms with van der Waals surface area (Å²) < 4.78 is 4.55. The van der Waals surface area contributed by atoms with Gasteiger partial charge in [0.05, 0.1) is 108 Å². The Morgan fingerprint density at radius 1 is 0.390 bits per heavy atom. The lowest BCUT2D eigenvalue weighted by Crippen LogP contribution is -2.46. The molecule has 0 saturated heterocycles. The molecule has 0 N–H and O–H groups in total. The summed E-state index contributed by atoms with van der Waals surface area (Å²) in [5.41, 5.74) is 0. The number of hydrogen-bond acceptors (Lipinski definition) is 0. The van der Waals surface area contributed by atoms with Gasteiger partial charge in [-0.25, -0.2) is 0 Å². The molecule has 354 valence electrons. The van der Waals surface area contributed by atoms with Gasteiger partial charge in [0, 0.05) is 0 Å². The molecule has 0 aliphatic carbocycles. The fourth-order valence-electron chi connectivity index (χ4n) is 6.86. The van der Waals surface area contributed by atoms with E-state index in [-0.39, 0.29) is 0 Å². The highest BCUT2D eigenvalue weighted by atomic mass is 15.3. The van der Waals surface area contributed by atoms with Gasteiger partial charge in [0.2, 0.25) is 0 Å². The van der Waals surface area contributed by atoms with Crippen molar-refractivity contribution in [3.63, 3.8) is 0 Å². The van der Waals surface area contributed by atoms with Crippen LogP contribution in [0.3, 0.4) is 0 Å². The Morgan fingerprint density at radius 3 is 1.24 bits per heavy atom. The second-order valence-electron chi connectivity index (χ2n) is 20.9. The largest absolute Gasteiger partial charge is 0.325 e. The van der Waals surface area contributed by atoms with E-state index >= 15 is 0 Å². The summed E-state index contributed by atoms with van der Waals surface area (Å²) >= 11 is 0. The minimum Gasteiger partial charge on any atom is -0.325 e. The summed E-state index contributed by atoms with van der Waals surface area (Å²) in [5.74, 6) is 3.54. The Kier molecular flexibility index (Phi) is 44.6. The Bertz CT molecular complexity index is 953. The van der Waals surface area contributed by atoms with Crippen LogP contribution >= 0.6 is 0 Å². The molecule has 0 amide bonds. The fraction of sp³-hybridized carbons (Fsp3) is 0.855. The Hall–Kier alpha value is -1.20. The molecule has 0 saturated carbocycles. The second-order valence-corrected chi connectivity index (χ2v) is 20.9. The first kappa shape index (κ1) is 64.4. The van der Waals surface area contributed by atoms with E-state index in [2.05, 4.69) is 156 Å². The van der Waals surface area contributed by atoms with E-state index in [4.69, 9.17) is 0 Å². The van der Waals surface area contributed by atoms with Crippen molar-refractivity contribution in [3.05, 3.63) is 50.1 Å². The van der Waals surface area contributed by atoms with Gasteiger partial charge >= 0.3 is 0 Å². The first-order valence-corrected chi connectivity index (χ1v) is 25.5. The maximum Gasteiger partial charge on any atom is 0.0971 e. The molecule has 4 nitrogen and oxygen atoms in total. The van der Waals surface area contributed by atoms with Crippen LogP contribution in [0.1, 0.15) is 179 Å². The quantitative estimate of drug-likeness (QED) is 0.0344. The molecule has 6 atom stereocenters. The highest BCUT2D eigenvalue weighted by Crippen LogP contribution is 2.16. The predicted molar refractivity (Wildman–Crippen MR) is 275 cm³/mol. The molecule has 4 heteroatoms. The topological polar surface area (TPSA) is 0 Å². The lowest BCUT2D eigenvalue weighted by Gasteiger charge is -2.34. The predicted octanol–water partition coefficient (Wildman–Crippen LogP) is 15.0. The number of likely N-dealkylation sites (N-methyl/N-ethyl adjacent to an activating group) is 4. The van der Waals surface area contributed by atoms with Gasteiger partial charge in [-0.05, 0) is 99.8 Å². The average molecular weight is 836 g/mol. The molecule has 0 radical (unpaired) electrons. The van der Waals surface area contributed by atoms with Crippen LogP contribution < -0.4 is 0 Å². The van der Waals surface area contributed by atoms with Gasteiger partial charge < -0.3 is 17.9 Å². The first-order valence-electron chi connectivity index (χ1n) is 25.5. The van der Waals surface area contributed by atoms with Gasteiger partial charge in [0.15, 0.2) is 0 Å². The number of unbranched alkanes of at least 4 members (excludes halogenated alkanes) is 5. The molecule has 0 heterocycles. The van der Waals surface area contributed by atoms with Gasteiger partial charge in [0.25, 0.3) is 0 Å². The van der Waals surface area contributed by atoms with E-state index in [0.29, 0.717) is 0 Å². The smallest absolute Gasteiger partial charge is 0.0971 e. The van der Waals surface area contributed by atoms with Crippen molar-refractivity contribution < 1.29 is 17.9 Å². The minimum absolute atomic E-state index is 0.868. The summed E-state index contributed by atoms with van der Waals surface area (Å²) in [6, 6.07) is 0. The molecule has 0 aromatic heterocycles. The fourth-order valence-corrected chi connectivity index (χ4v) is 6.86. The molecular formula is C55H118N4+4. The Morgan fingerprint density at radius 2 is 0.814 bits per heavy atom. The molecule has 59 heavy (non-hydrogen) atoms. The lowest BCUT2D eigenvalue weighted by atomic mass is 10.0. The van der Waals surface area contributed by atoms with Crippen LogP contribution in [0.5, 0.6) is 0 Å². The molecule has 0 aliphatic heterocycles. The van der Waals surface area contributed by atoms with Gasteiger partial charge in [-0.1, -0.05) is 153 Å². The molecule has 0 aromatic rings. The molecular weight excluding hydrogens is 717 g/mol. The first-order chi connectivity index (χ1) is 27.7. The Labute approximate surface area is 377 Å². The monoisotopic (exact) mass is 835 g/mol. The number of quaternary nitrogens is 4. The lowest BCUT2D eigenvalue weighted by molar-refractivity contribution is -0.904. The molecule has 0 aliphatic rings. The number of nitrogens with zero attached hydrogens (tertiary/aromatic N) is 4. The molecule has 0 aromatic carbocycles. The summed E-state index contributed by atoms with van der Waals surface area (Å²) in [7, 11) is 13.9. The van der Waals surface area contributed by atoms with Crippen LogP contribution in [-0.4, -0.2) is 126 Å². The third-order valence-electron chi connectivity index (χ3n) is 13.3. The maximum atomic E-state index is 3.89. The van der Waals surface area contributed by atoms with E-state index in [0.717, 1.165) is 52.3 Å². The third-order valence-corrected chi connectivity index (χ3v) is 13.3. The summed E-state index contributed by atoms with van der Waals surface area (Å²) in [6.45, 7) is 49.1. The molecule has 0 spiro atoms. The van der Waals surface area contributed by atoms with Crippen molar-refractivity contribution in [3.8, 4) is 0 Å². The van der Waals surface area contributed by atoms with Crippen molar-refractivity contribution in [1.29, 1.82) is 0 Å². The van der Waals surface area contributed by atoms with Crippen LogP contribution in [0.15, 0.2) is 50.1 Å². The Balaban J connectivity index is -0.000000344. The van der Waals surface area contributed by atoms with Crippen molar-refractivity contribution in [2.24, 2.45) is 23.7 Å². The van der Waals surface area contributed by atoms with E-state index in [1.165, 1.54) is 158 Å². The van der Waals surface area contributed by atoms with Crippen molar-refractivity contribution in [2.45, 2.75) is 179 Å². The number of allylic oxidation sites excluding steroid dienone is 1.